The van der Waals surface area contributed by atoms with Gasteiger partial charge < -0.3 is 14.6 Å². The summed E-state index contributed by atoms with van der Waals surface area (Å²) in [5.74, 6) is 3.15. The Hall–Kier alpha value is -2.22. The first kappa shape index (κ1) is 16.6. The van der Waals surface area contributed by atoms with Crippen molar-refractivity contribution in [1.82, 2.24) is 25.0 Å². The van der Waals surface area contributed by atoms with Crippen molar-refractivity contribution in [3.05, 3.63) is 24.1 Å². The van der Waals surface area contributed by atoms with E-state index in [9.17, 15) is 0 Å². The molecule has 1 aliphatic heterocycles. The normalized spacial score (nSPS) is 16.5. The molecule has 2 aromatic heterocycles. The SMILES string of the molecule is COc1cc(NC2CCN(Cc3nc(C(C)C)no3)CC2)ncn1. The molecule has 0 aliphatic carbocycles. The molecule has 0 amide bonds. The average Bonchev–Trinajstić information content (AvgIpc) is 3.06. The fourth-order valence-electron chi connectivity index (χ4n) is 2.73. The van der Waals surface area contributed by atoms with Gasteiger partial charge in [-0.25, -0.2) is 9.97 Å². The fourth-order valence-corrected chi connectivity index (χ4v) is 2.73. The highest BCUT2D eigenvalue weighted by Crippen LogP contribution is 2.19. The maximum absolute atomic E-state index is 5.33. The minimum Gasteiger partial charge on any atom is -0.481 e. The molecule has 130 valence electrons. The van der Waals surface area contributed by atoms with Crippen molar-refractivity contribution >= 4 is 5.82 Å². The molecule has 0 spiro atoms. The van der Waals surface area contributed by atoms with Gasteiger partial charge in [0.1, 0.15) is 12.1 Å². The number of nitrogens with one attached hydrogen (secondary N) is 1. The van der Waals surface area contributed by atoms with Gasteiger partial charge >= 0.3 is 0 Å². The number of aromatic nitrogens is 4. The molecule has 3 heterocycles. The molecular weight excluding hydrogens is 308 g/mol. The van der Waals surface area contributed by atoms with Crippen LogP contribution in [0.1, 0.15) is 44.3 Å². The lowest BCUT2D eigenvalue weighted by Crippen LogP contribution is -2.38. The molecule has 3 rings (SSSR count). The highest BCUT2D eigenvalue weighted by Gasteiger charge is 2.21. The second-order valence-corrected chi connectivity index (χ2v) is 6.34. The maximum Gasteiger partial charge on any atom is 0.240 e. The first-order valence-corrected chi connectivity index (χ1v) is 8.31. The molecule has 0 aromatic carbocycles. The largest absolute Gasteiger partial charge is 0.481 e. The Balaban J connectivity index is 1.48. The van der Waals surface area contributed by atoms with E-state index in [0.717, 1.165) is 37.6 Å². The van der Waals surface area contributed by atoms with Gasteiger partial charge in [-0.15, -0.1) is 0 Å². The van der Waals surface area contributed by atoms with Gasteiger partial charge in [0.2, 0.25) is 11.8 Å². The van der Waals surface area contributed by atoms with Crippen molar-refractivity contribution in [2.24, 2.45) is 0 Å². The van der Waals surface area contributed by atoms with E-state index in [0.29, 0.717) is 30.3 Å². The molecule has 0 atom stereocenters. The molecule has 1 N–H and O–H groups in total. The van der Waals surface area contributed by atoms with E-state index in [1.165, 1.54) is 6.33 Å². The molecule has 2 aromatic rings. The minimum atomic E-state index is 0.294. The molecule has 0 radical (unpaired) electrons. The van der Waals surface area contributed by atoms with Gasteiger partial charge in [0.25, 0.3) is 0 Å². The van der Waals surface area contributed by atoms with Crippen LogP contribution < -0.4 is 10.1 Å². The van der Waals surface area contributed by atoms with E-state index >= 15 is 0 Å². The molecule has 24 heavy (non-hydrogen) atoms. The van der Waals surface area contributed by atoms with E-state index in [1.807, 2.05) is 6.07 Å². The summed E-state index contributed by atoms with van der Waals surface area (Å²) >= 11 is 0. The van der Waals surface area contributed by atoms with E-state index in [-0.39, 0.29) is 0 Å². The highest BCUT2D eigenvalue weighted by atomic mass is 16.5. The predicted octanol–water partition coefficient (Wildman–Crippen LogP) is 2.07. The standard InChI is InChI=1S/C16H24N6O2/c1-11(2)16-20-15(24-21-16)9-22-6-4-12(5-7-22)19-13-8-14(23-3)18-10-17-13/h8,10-12H,4-7,9H2,1-3H3,(H,17,18,19). The van der Waals surface area contributed by atoms with E-state index in [2.05, 4.69) is 44.2 Å². The molecule has 0 saturated carbocycles. The number of methoxy groups -OCH3 is 1. The predicted molar refractivity (Wildman–Crippen MR) is 88.9 cm³/mol. The quantitative estimate of drug-likeness (QED) is 0.860. The third kappa shape index (κ3) is 4.19. The lowest BCUT2D eigenvalue weighted by molar-refractivity contribution is 0.186. The number of hydrogen-bond donors (Lipinski definition) is 1. The highest BCUT2D eigenvalue weighted by molar-refractivity contribution is 5.38. The summed E-state index contributed by atoms with van der Waals surface area (Å²) in [7, 11) is 1.60. The fraction of sp³-hybridized carbons (Fsp3) is 0.625. The Morgan fingerprint density at radius 3 is 2.79 bits per heavy atom. The smallest absolute Gasteiger partial charge is 0.240 e. The number of nitrogens with zero attached hydrogens (tertiary/aromatic N) is 5. The van der Waals surface area contributed by atoms with Crippen molar-refractivity contribution in [2.45, 2.75) is 45.2 Å². The van der Waals surface area contributed by atoms with Crippen molar-refractivity contribution in [3.63, 3.8) is 0 Å². The van der Waals surface area contributed by atoms with E-state index < -0.39 is 0 Å². The van der Waals surface area contributed by atoms with Crippen LogP contribution in [0.3, 0.4) is 0 Å². The lowest BCUT2D eigenvalue weighted by Gasteiger charge is -2.31. The zero-order valence-electron chi connectivity index (χ0n) is 14.4. The zero-order valence-corrected chi connectivity index (χ0v) is 14.4. The van der Waals surface area contributed by atoms with Crippen LogP contribution in [0.2, 0.25) is 0 Å². The average molecular weight is 332 g/mol. The molecule has 1 saturated heterocycles. The van der Waals surface area contributed by atoms with Crippen LogP contribution >= 0.6 is 0 Å². The van der Waals surface area contributed by atoms with Gasteiger partial charge in [-0.2, -0.15) is 4.98 Å². The summed E-state index contributed by atoms with van der Waals surface area (Å²) in [6.45, 7) is 6.81. The molecule has 0 unspecified atom stereocenters. The molecule has 8 nitrogen and oxygen atoms in total. The Labute approximate surface area is 141 Å². The van der Waals surface area contributed by atoms with Gasteiger partial charge in [0, 0.05) is 31.1 Å². The van der Waals surface area contributed by atoms with Gasteiger partial charge in [0.15, 0.2) is 5.82 Å². The van der Waals surface area contributed by atoms with E-state index in [4.69, 9.17) is 9.26 Å². The van der Waals surface area contributed by atoms with Crippen LogP contribution in [0.5, 0.6) is 5.88 Å². The van der Waals surface area contributed by atoms with Crippen LogP contribution in [0.25, 0.3) is 0 Å². The summed E-state index contributed by atoms with van der Waals surface area (Å²) in [4.78, 5) is 15.0. The lowest BCUT2D eigenvalue weighted by atomic mass is 10.1. The molecule has 1 fully saturated rings. The van der Waals surface area contributed by atoms with Gasteiger partial charge in [-0.05, 0) is 12.8 Å². The monoisotopic (exact) mass is 332 g/mol. The Kier molecular flexibility index (Phi) is 5.24. The third-order valence-corrected chi connectivity index (χ3v) is 4.15. The van der Waals surface area contributed by atoms with Gasteiger partial charge in [0.05, 0.1) is 13.7 Å². The van der Waals surface area contributed by atoms with Crippen molar-refractivity contribution in [3.8, 4) is 5.88 Å². The summed E-state index contributed by atoms with van der Waals surface area (Å²) in [6, 6.07) is 2.22. The Morgan fingerprint density at radius 1 is 1.33 bits per heavy atom. The number of ether oxygens (including phenoxy) is 1. The van der Waals surface area contributed by atoms with Crippen molar-refractivity contribution in [2.75, 3.05) is 25.5 Å². The Bertz CT molecular complexity index is 652. The number of hydrogen-bond acceptors (Lipinski definition) is 8. The Morgan fingerprint density at radius 2 is 2.12 bits per heavy atom. The van der Waals surface area contributed by atoms with Crippen LogP contribution in [0.4, 0.5) is 5.82 Å². The minimum absolute atomic E-state index is 0.294. The number of rotatable bonds is 6. The van der Waals surface area contributed by atoms with Crippen LogP contribution in [-0.2, 0) is 6.54 Å². The van der Waals surface area contributed by atoms with Crippen LogP contribution in [0, 0.1) is 0 Å². The molecular formula is C16H24N6O2. The molecule has 1 aliphatic rings. The van der Waals surface area contributed by atoms with Crippen LogP contribution in [0.15, 0.2) is 16.9 Å². The second kappa shape index (κ2) is 7.57. The van der Waals surface area contributed by atoms with Crippen molar-refractivity contribution < 1.29 is 9.26 Å². The van der Waals surface area contributed by atoms with Crippen LogP contribution in [-0.4, -0.2) is 51.2 Å². The molecule has 0 bridgehead atoms. The summed E-state index contributed by atoms with van der Waals surface area (Å²) in [6.07, 6.45) is 3.59. The second-order valence-electron chi connectivity index (χ2n) is 6.34. The number of anilines is 1. The van der Waals surface area contributed by atoms with E-state index in [1.54, 1.807) is 7.11 Å². The topological polar surface area (TPSA) is 89.2 Å². The number of likely N-dealkylation sites (tertiary alicyclic amines) is 1. The summed E-state index contributed by atoms with van der Waals surface area (Å²) in [5.41, 5.74) is 0. The summed E-state index contributed by atoms with van der Waals surface area (Å²) < 4.78 is 10.5. The number of piperidine rings is 1. The molecule has 8 heteroatoms. The third-order valence-electron chi connectivity index (χ3n) is 4.15. The maximum atomic E-state index is 5.33. The van der Waals surface area contributed by atoms with Gasteiger partial charge in [-0.1, -0.05) is 19.0 Å². The summed E-state index contributed by atoms with van der Waals surface area (Å²) in [5, 5.41) is 7.47. The first-order valence-electron chi connectivity index (χ1n) is 8.31. The zero-order chi connectivity index (χ0) is 16.9. The van der Waals surface area contributed by atoms with Crippen molar-refractivity contribution in [1.29, 1.82) is 0 Å². The first-order chi connectivity index (χ1) is 11.6. The van der Waals surface area contributed by atoms with Gasteiger partial charge in [-0.3, -0.25) is 4.90 Å².